The first-order valence-electron chi connectivity index (χ1n) is 11.0. The van der Waals surface area contributed by atoms with Crippen LogP contribution in [0.1, 0.15) is 5.56 Å². The standard InChI is InChI=1S/C24H26N4O2S3/c1-26(33(29,30)23-11-6-18-31-23)21-9-4-2-7-19(21)12-13-27-14-16-28(17-15-27)24-20-8-3-5-10-22(20)32-25-24/h2-11,18H,12-17H2,1H3. The van der Waals surface area contributed by atoms with Gasteiger partial charge in [0.25, 0.3) is 10.0 Å². The van der Waals surface area contributed by atoms with Crippen molar-refractivity contribution in [2.24, 2.45) is 0 Å². The summed E-state index contributed by atoms with van der Waals surface area (Å²) >= 11 is 2.81. The van der Waals surface area contributed by atoms with Gasteiger partial charge >= 0.3 is 0 Å². The molecule has 33 heavy (non-hydrogen) atoms. The second-order valence-electron chi connectivity index (χ2n) is 8.11. The van der Waals surface area contributed by atoms with Gasteiger partial charge in [-0.2, -0.15) is 4.37 Å². The van der Waals surface area contributed by atoms with Gasteiger partial charge in [-0.1, -0.05) is 36.4 Å². The zero-order valence-corrected chi connectivity index (χ0v) is 20.9. The molecule has 1 saturated heterocycles. The Hall–Kier alpha value is -2.46. The summed E-state index contributed by atoms with van der Waals surface area (Å²) in [6.45, 7) is 4.73. The van der Waals surface area contributed by atoms with Gasteiger partial charge in [0.1, 0.15) is 10.0 Å². The number of rotatable bonds is 7. The number of hydrogen-bond acceptors (Lipinski definition) is 7. The molecule has 1 aliphatic heterocycles. The lowest BCUT2D eigenvalue weighted by Crippen LogP contribution is -2.47. The van der Waals surface area contributed by atoms with E-state index in [9.17, 15) is 8.42 Å². The van der Waals surface area contributed by atoms with Crippen LogP contribution in [0.15, 0.2) is 70.3 Å². The van der Waals surface area contributed by atoms with Crippen LogP contribution in [0.5, 0.6) is 0 Å². The van der Waals surface area contributed by atoms with Crippen molar-refractivity contribution in [1.82, 2.24) is 9.27 Å². The maximum absolute atomic E-state index is 13.0. The van der Waals surface area contributed by atoms with Gasteiger partial charge in [0.15, 0.2) is 0 Å². The Kier molecular flexibility index (Phi) is 6.38. The molecule has 0 aliphatic carbocycles. The molecule has 2 aromatic carbocycles. The van der Waals surface area contributed by atoms with Gasteiger partial charge in [0.2, 0.25) is 0 Å². The number of aromatic nitrogens is 1. The molecule has 5 rings (SSSR count). The molecule has 1 fully saturated rings. The van der Waals surface area contributed by atoms with Gasteiger partial charge < -0.3 is 4.90 Å². The van der Waals surface area contributed by atoms with Crippen molar-refractivity contribution in [3.8, 4) is 0 Å². The molecule has 0 bridgehead atoms. The van der Waals surface area contributed by atoms with Crippen molar-refractivity contribution in [2.45, 2.75) is 10.6 Å². The smallest absolute Gasteiger partial charge is 0.273 e. The molecule has 1 aliphatic rings. The lowest BCUT2D eigenvalue weighted by atomic mass is 10.1. The van der Waals surface area contributed by atoms with Crippen LogP contribution in [0, 0.1) is 0 Å². The molecule has 2 aromatic heterocycles. The van der Waals surface area contributed by atoms with Crippen LogP contribution in [0.25, 0.3) is 10.1 Å². The molecule has 172 valence electrons. The van der Waals surface area contributed by atoms with E-state index in [-0.39, 0.29) is 0 Å². The lowest BCUT2D eigenvalue weighted by molar-refractivity contribution is 0.261. The minimum absolute atomic E-state index is 0.366. The number of benzene rings is 2. The molecule has 0 amide bonds. The van der Waals surface area contributed by atoms with E-state index in [1.165, 1.54) is 25.7 Å². The Bertz CT molecular complexity index is 1330. The highest BCUT2D eigenvalue weighted by atomic mass is 32.2. The summed E-state index contributed by atoms with van der Waals surface area (Å²) in [4.78, 5) is 4.83. The molecule has 0 spiro atoms. The highest BCUT2D eigenvalue weighted by Gasteiger charge is 2.25. The lowest BCUT2D eigenvalue weighted by Gasteiger charge is -2.35. The molecule has 3 heterocycles. The fourth-order valence-corrected chi connectivity index (χ4v) is 7.46. The van der Waals surface area contributed by atoms with Gasteiger partial charge in [-0.3, -0.25) is 9.21 Å². The largest absolute Gasteiger partial charge is 0.353 e. The molecule has 0 saturated carbocycles. The molecule has 0 radical (unpaired) electrons. The van der Waals surface area contributed by atoms with E-state index in [0.29, 0.717) is 4.21 Å². The third-order valence-corrected chi connectivity index (χ3v) is 10.1. The van der Waals surface area contributed by atoms with E-state index in [1.54, 1.807) is 36.1 Å². The van der Waals surface area contributed by atoms with E-state index in [1.807, 2.05) is 24.3 Å². The van der Waals surface area contributed by atoms with Gasteiger partial charge in [-0.25, -0.2) is 8.42 Å². The first-order valence-corrected chi connectivity index (χ1v) is 14.1. The monoisotopic (exact) mass is 498 g/mol. The average Bonchev–Trinajstić information content (AvgIpc) is 3.54. The SMILES string of the molecule is CN(c1ccccc1CCN1CCN(c2nsc3ccccc23)CC1)S(=O)(=O)c1cccs1. The average molecular weight is 499 g/mol. The minimum atomic E-state index is -3.54. The van der Waals surface area contributed by atoms with Crippen molar-refractivity contribution in [2.75, 3.05) is 49.0 Å². The van der Waals surface area contributed by atoms with Gasteiger partial charge in [0, 0.05) is 45.2 Å². The van der Waals surface area contributed by atoms with Crippen LogP contribution < -0.4 is 9.21 Å². The number of piperazine rings is 1. The Morgan fingerprint density at radius 3 is 2.52 bits per heavy atom. The van der Waals surface area contributed by atoms with E-state index < -0.39 is 10.0 Å². The quantitative estimate of drug-likeness (QED) is 0.374. The van der Waals surface area contributed by atoms with E-state index in [2.05, 4.69) is 34.1 Å². The van der Waals surface area contributed by atoms with Crippen LogP contribution >= 0.6 is 22.9 Å². The maximum atomic E-state index is 13.0. The molecule has 0 atom stereocenters. The van der Waals surface area contributed by atoms with Crippen LogP contribution in [0.4, 0.5) is 11.5 Å². The van der Waals surface area contributed by atoms with Crippen molar-refractivity contribution < 1.29 is 8.42 Å². The predicted octanol–water partition coefficient (Wildman–Crippen LogP) is 4.55. The third kappa shape index (κ3) is 4.50. The summed E-state index contributed by atoms with van der Waals surface area (Å²) < 4.78 is 33.7. The second kappa shape index (κ2) is 9.42. The molecule has 9 heteroatoms. The molecule has 4 aromatic rings. The van der Waals surface area contributed by atoms with E-state index in [0.717, 1.165) is 56.2 Å². The number of hydrogen-bond donors (Lipinski definition) is 0. The first-order chi connectivity index (χ1) is 16.0. The first kappa shape index (κ1) is 22.3. The van der Waals surface area contributed by atoms with Gasteiger partial charge in [-0.05, 0) is 53.2 Å². The van der Waals surface area contributed by atoms with E-state index in [4.69, 9.17) is 4.37 Å². The van der Waals surface area contributed by atoms with Crippen molar-refractivity contribution in [1.29, 1.82) is 0 Å². The summed E-state index contributed by atoms with van der Waals surface area (Å²) in [5.41, 5.74) is 1.80. The molecule has 6 nitrogen and oxygen atoms in total. The summed E-state index contributed by atoms with van der Waals surface area (Å²) in [6.07, 6.45) is 0.806. The van der Waals surface area contributed by atoms with Crippen LogP contribution in [0.2, 0.25) is 0 Å². The van der Waals surface area contributed by atoms with Gasteiger partial charge in [-0.15, -0.1) is 11.3 Å². The Morgan fingerprint density at radius 2 is 1.73 bits per heavy atom. The minimum Gasteiger partial charge on any atom is -0.353 e. The Morgan fingerprint density at radius 1 is 0.970 bits per heavy atom. The van der Waals surface area contributed by atoms with Crippen LogP contribution in [0.3, 0.4) is 0 Å². The predicted molar refractivity (Wildman–Crippen MR) is 138 cm³/mol. The number of fused-ring (bicyclic) bond motifs is 1. The number of anilines is 2. The zero-order chi connectivity index (χ0) is 22.8. The normalized spacial score (nSPS) is 15.2. The van der Waals surface area contributed by atoms with Crippen LogP contribution in [-0.4, -0.2) is 57.5 Å². The number of sulfonamides is 1. The Balaban J connectivity index is 1.23. The van der Waals surface area contributed by atoms with Crippen LogP contribution in [-0.2, 0) is 16.4 Å². The maximum Gasteiger partial charge on any atom is 0.273 e. The molecular weight excluding hydrogens is 472 g/mol. The number of para-hydroxylation sites is 1. The topological polar surface area (TPSA) is 56.8 Å². The number of nitrogens with zero attached hydrogens (tertiary/aromatic N) is 4. The summed E-state index contributed by atoms with van der Waals surface area (Å²) in [6, 6.07) is 19.6. The summed E-state index contributed by atoms with van der Waals surface area (Å²) in [5.74, 6) is 1.10. The van der Waals surface area contributed by atoms with Crippen molar-refractivity contribution >= 4 is 54.5 Å². The molecular formula is C24H26N4O2S3. The zero-order valence-electron chi connectivity index (χ0n) is 18.4. The van der Waals surface area contributed by atoms with E-state index >= 15 is 0 Å². The summed E-state index contributed by atoms with van der Waals surface area (Å²) in [5, 5.41) is 3.03. The Labute approximate surface area is 202 Å². The third-order valence-electron chi connectivity index (χ3n) is 6.17. The fourth-order valence-electron chi connectivity index (χ4n) is 4.27. The van der Waals surface area contributed by atoms with Crippen molar-refractivity contribution in [3.05, 3.63) is 71.6 Å². The highest BCUT2D eigenvalue weighted by Crippen LogP contribution is 2.30. The van der Waals surface area contributed by atoms with Gasteiger partial charge in [0.05, 0.1) is 10.4 Å². The highest BCUT2D eigenvalue weighted by molar-refractivity contribution is 7.94. The molecule has 0 N–H and O–H groups in total. The van der Waals surface area contributed by atoms with Crippen molar-refractivity contribution in [3.63, 3.8) is 0 Å². The fraction of sp³-hybridized carbons (Fsp3) is 0.292. The second-order valence-corrected chi connectivity index (χ2v) is 12.1. The number of thiophene rings is 1. The molecule has 0 unspecified atom stereocenters. The summed E-state index contributed by atoms with van der Waals surface area (Å²) in [7, 11) is -1.90.